The molecular formula is C13H14N2O4. The number of carbonyl (C=O) groups excluding carboxylic acids is 2. The minimum absolute atomic E-state index is 0.0823. The lowest BCUT2D eigenvalue weighted by Gasteiger charge is -2.16. The summed E-state index contributed by atoms with van der Waals surface area (Å²) in [6.45, 7) is 3.49. The standard InChI is InChI=1S/C13H14N2O4/c1-7(2)11(19-13(14)17)10(16)12-15-8-5-3-4-6-9(8)18-12/h3-7,11H,1-2H3,(H2,14,17)/t11-/m0/s1. The van der Waals surface area contributed by atoms with E-state index in [9.17, 15) is 9.59 Å². The SMILES string of the molecule is CC(C)[C@H](OC(N)=O)C(=O)c1nc2ccccc2o1. The van der Waals surface area contributed by atoms with Gasteiger partial charge in [0.2, 0.25) is 0 Å². The lowest BCUT2D eigenvalue weighted by atomic mass is 10.0. The molecule has 2 N–H and O–H groups in total. The van der Waals surface area contributed by atoms with Gasteiger partial charge in [-0.25, -0.2) is 9.78 Å². The van der Waals surface area contributed by atoms with Gasteiger partial charge in [0.25, 0.3) is 11.7 Å². The maximum Gasteiger partial charge on any atom is 0.405 e. The number of oxazole rings is 1. The number of benzene rings is 1. The number of amides is 1. The summed E-state index contributed by atoms with van der Waals surface area (Å²) in [7, 11) is 0. The second kappa shape index (κ2) is 5.09. The molecule has 0 spiro atoms. The molecule has 0 bridgehead atoms. The molecule has 0 unspecified atom stereocenters. The molecule has 1 aromatic carbocycles. The van der Waals surface area contributed by atoms with Crippen molar-refractivity contribution in [3.8, 4) is 0 Å². The number of hydrogen-bond acceptors (Lipinski definition) is 5. The summed E-state index contributed by atoms with van der Waals surface area (Å²) in [5.74, 6) is -0.804. The van der Waals surface area contributed by atoms with Gasteiger partial charge in [-0.2, -0.15) is 0 Å². The molecule has 6 nitrogen and oxygen atoms in total. The summed E-state index contributed by atoms with van der Waals surface area (Å²) in [6.07, 6.45) is -1.99. The average molecular weight is 262 g/mol. The number of carbonyl (C=O) groups is 2. The summed E-state index contributed by atoms with van der Waals surface area (Å²) < 4.78 is 10.2. The van der Waals surface area contributed by atoms with Crippen LogP contribution < -0.4 is 5.73 Å². The Bertz CT molecular complexity index is 585. The largest absolute Gasteiger partial charge is 0.437 e. The van der Waals surface area contributed by atoms with Crippen molar-refractivity contribution >= 4 is 23.0 Å². The van der Waals surface area contributed by atoms with Crippen LogP contribution in [0.2, 0.25) is 0 Å². The van der Waals surface area contributed by atoms with Crippen LogP contribution in [0.4, 0.5) is 4.79 Å². The van der Waals surface area contributed by atoms with Crippen molar-refractivity contribution in [1.82, 2.24) is 4.98 Å². The number of Topliss-reactive ketones (excluding diaryl/α,β-unsaturated/α-hetero) is 1. The maximum absolute atomic E-state index is 12.2. The predicted molar refractivity (Wildman–Crippen MR) is 67.6 cm³/mol. The number of hydrogen-bond donors (Lipinski definition) is 1. The quantitative estimate of drug-likeness (QED) is 0.851. The summed E-state index contributed by atoms with van der Waals surface area (Å²) in [4.78, 5) is 27.1. The number of ketones is 1. The normalized spacial score (nSPS) is 12.6. The molecule has 1 aromatic heterocycles. The second-order valence-electron chi connectivity index (χ2n) is 4.45. The minimum atomic E-state index is -0.997. The maximum atomic E-state index is 12.2. The third-order valence-corrected chi connectivity index (χ3v) is 2.61. The van der Waals surface area contributed by atoms with Gasteiger partial charge < -0.3 is 14.9 Å². The Labute approximate surface area is 109 Å². The number of fused-ring (bicyclic) bond motifs is 1. The molecule has 0 fully saturated rings. The van der Waals surface area contributed by atoms with E-state index in [-0.39, 0.29) is 11.8 Å². The molecule has 0 saturated carbocycles. The van der Waals surface area contributed by atoms with Crippen LogP contribution in [0.1, 0.15) is 24.5 Å². The smallest absolute Gasteiger partial charge is 0.405 e. The van der Waals surface area contributed by atoms with Gasteiger partial charge in [-0.1, -0.05) is 26.0 Å². The lowest BCUT2D eigenvalue weighted by Crippen LogP contribution is -2.34. The van der Waals surface area contributed by atoms with Crippen LogP contribution >= 0.6 is 0 Å². The molecule has 0 aliphatic heterocycles. The van der Waals surface area contributed by atoms with E-state index in [1.54, 1.807) is 38.1 Å². The van der Waals surface area contributed by atoms with E-state index in [1.807, 2.05) is 0 Å². The Hall–Kier alpha value is -2.37. The zero-order chi connectivity index (χ0) is 14.0. The van der Waals surface area contributed by atoms with Crippen LogP contribution in [0.25, 0.3) is 11.1 Å². The Morgan fingerprint density at radius 2 is 2.00 bits per heavy atom. The molecule has 100 valence electrons. The number of nitrogens with two attached hydrogens (primary N) is 1. The fourth-order valence-corrected chi connectivity index (χ4v) is 1.72. The molecule has 19 heavy (non-hydrogen) atoms. The second-order valence-corrected chi connectivity index (χ2v) is 4.45. The third-order valence-electron chi connectivity index (χ3n) is 2.61. The lowest BCUT2D eigenvalue weighted by molar-refractivity contribution is 0.0507. The molecule has 0 saturated heterocycles. The van der Waals surface area contributed by atoms with Crippen molar-refractivity contribution in [2.75, 3.05) is 0 Å². The molecular weight excluding hydrogens is 248 g/mol. The summed E-state index contributed by atoms with van der Waals surface area (Å²) in [5, 5.41) is 0. The van der Waals surface area contributed by atoms with Crippen molar-refractivity contribution < 1.29 is 18.7 Å². The van der Waals surface area contributed by atoms with Crippen LogP contribution in [0.15, 0.2) is 28.7 Å². The van der Waals surface area contributed by atoms with Crippen molar-refractivity contribution in [1.29, 1.82) is 0 Å². The summed E-state index contributed by atoms with van der Waals surface area (Å²) in [5.41, 5.74) is 6.04. The average Bonchev–Trinajstić information content (AvgIpc) is 2.78. The molecule has 6 heteroatoms. The topological polar surface area (TPSA) is 95.4 Å². The van der Waals surface area contributed by atoms with Crippen LogP contribution in [0.5, 0.6) is 0 Å². The fourth-order valence-electron chi connectivity index (χ4n) is 1.72. The van der Waals surface area contributed by atoms with Gasteiger partial charge in [0.15, 0.2) is 11.7 Å². The van der Waals surface area contributed by atoms with E-state index >= 15 is 0 Å². The highest BCUT2D eigenvalue weighted by atomic mass is 16.6. The van der Waals surface area contributed by atoms with Gasteiger partial charge in [0.1, 0.15) is 5.52 Å². The van der Waals surface area contributed by atoms with Crippen molar-refractivity contribution in [2.24, 2.45) is 11.7 Å². The Morgan fingerprint density at radius 3 is 2.58 bits per heavy atom. The highest BCUT2D eigenvalue weighted by Crippen LogP contribution is 2.19. The molecule has 2 rings (SSSR count). The van der Waals surface area contributed by atoms with E-state index in [0.717, 1.165) is 0 Å². The first-order valence-corrected chi connectivity index (χ1v) is 5.85. The van der Waals surface area contributed by atoms with Crippen LogP contribution in [-0.4, -0.2) is 23.0 Å². The Kier molecular flexibility index (Phi) is 3.50. The number of primary amides is 1. The van der Waals surface area contributed by atoms with E-state index in [2.05, 4.69) is 4.98 Å². The molecule has 1 heterocycles. The number of para-hydroxylation sites is 2. The van der Waals surface area contributed by atoms with Crippen molar-refractivity contribution in [3.05, 3.63) is 30.2 Å². The highest BCUT2D eigenvalue weighted by molar-refractivity contribution is 5.98. The zero-order valence-electron chi connectivity index (χ0n) is 10.6. The number of aromatic nitrogens is 1. The van der Waals surface area contributed by atoms with Gasteiger partial charge in [0.05, 0.1) is 0 Å². The molecule has 0 aliphatic rings. The highest BCUT2D eigenvalue weighted by Gasteiger charge is 2.30. The van der Waals surface area contributed by atoms with E-state index in [0.29, 0.717) is 11.1 Å². The van der Waals surface area contributed by atoms with Crippen molar-refractivity contribution in [3.63, 3.8) is 0 Å². The van der Waals surface area contributed by atoms with E-state index in [4.69, 9.17) is 14.9 Å². The minimum Gasteiger partial charge on any atom is -0.437 e. The number of rotatable bonds is 4. The molecule has 0 aliphatic carbocycles. The van der Waals surface area contributed by atoms with Gasteiger partial charge in [0, 0.05) is 0 Å². The first-order chi connectivity index (χ1) is 8.99. The first kappa shape index (κ1) is 13.1. The van der Waals surface area contributed by atoms with E-state index < -0.39 is 18.0 Å². The van der Waals surface area contributed by atoms with Gasteiger partial charge in [-0.3, -0.25) is 4.79 Å². The Morgan fingerprint density at radius 1 is 1.32 bits per heavy atom. The van der Waals surface area contributed by atoms with Gasteiger partial charge in [-0.05, 0) is 18.1 Å². The molecule has 0 radical (unpaired) electrons. The summed E-state index contributed by atoms with van der Waals surface area (Å²) in [6, 6.07) is 7.01. The Balaban J connectivity index is 2.32. The van der Waals surface area contributed by atoms with E-state index in [1.165, 1.54) is 0 Å². The van der Waals surface area contributed by atoms with Gasteiger partial charge >= 0.3 is 6.09 Å². The number of nitrogens with zero attached hydrogens (tertiary/aromatic N) is 1. The monoisotopic (exact) mass is 262 g/mol. The van der Waals surface area contributed by atoms with Crippen LogP contribution in [0, 0.1) is 5.92 Å². The first-order valence-electron chi connectivity index (χ1n) is 5.85. The molecule has 2 aromatic rings. The third kappa shape index (κ3) is 2.73. The van der Waals surface area contributed by atoms with Crippen LogP contribution in [-0.2, 0) is 4.74 Å². The molecule has 1 atom stereocenters. The zero-order valence-corrected chi connectivity index (χ0v) is 10.6. The van der Waals surface area contributed by atoms with Crippen LogP contribution in [0.3, 0.4) is 0 Å². The van der Waals surface area contributed by atoms with Gasteiger partial charge in [-0.15, -0.1) is 0 Å². The molecule has 1 amide bonds. The predicted octanol–water partition coefficient (Wildman–Crippen LogP) is 2.13. The number of ether oxygens (including phenoxy) is 1. The fraction of sp³-hybridized carbons (Fsp3) is 0.308. The van der Waals surface area contributed by atoms with Crippen molar-refractivity contribution in [2.45, 2.75) is 20.0 Å². The summed E-state index contributed by atoms with van der Waals surface area (Å²) >= 11 is 0.